The molecule has 44 heavy (non-hydrogen) atoms. The van der Waals surface area contributed by atoms with Gasteiger partial charge in [0.15, 0.2) is 5.65 Å². The molecule has 1 saturated carbocycles. The monoisotopic (exact) mass is 619 g/mol. The average molecular weight is 620 g/mol. The van der Waals surface area contributed by atoms with Crippen molar-refractivity contribution >= 4 is 28.9 Å². The zero-order valence-electron chi connectivity index (χ0n) is 24.7. The lowest BCUT2D eigenvalue weighted by Gasteiger charge is -2.33. The summed E-state index contributed by atoms with van der Waals surface area (Å²) in [5, 5.41) is 12.3. The molecule has 238 valence electrons. The van der Waals surface area contributed by atoms with Crippen LogP contribution in [-0.2, 0) is 4.74 Å². The van der Waals surface area contributed by atoms with E-state index in [2.05, 4.69) is 20.0 Å². The van der Waals surface area contributed by atoms with Crippen LogP contribution < -0.4 is 15.7 Å². The summed E-state index contributed by atoms with van der Waals surface area (Å²) in [6.45, 7) is 5.42. The predicted octanol–water partition coefficient (Wildman–Crippen LogP) is 5.47. The van der Waals surface area contributed by atoms with Crippen molar-refractivity contribution in [3.8, 4) is 5.75 Å². The molecule has 14 heteroatoms. The highest BCUT2D eigenvalue weighted by molar-refractivity contribution is 6.03. The highest BCUT2D eigenvalue weighted by Gasteiger charge is 2.33. The number of aliphatic hydroxyl groups excluding tert-OH is 1. The molecule has 0 radical (unpaired) electrons. The SMILES string of the molecule is CC(C)(C)OC(=O)Nc1cc(OC(F)(F)F)ccc1C(=O)N1CCC(n2c(=O)[nH]c3ncc(C4CCC(O)CC4)cc32)CC1. The fourth-order valence-corrected chi connectivity index (χ4v) is 5.94. The van der Waals surface area contributed by atoms with Crippen LogP contribution in [0.5, 0.6) is 5.75 Å². The van der Waals surface area contributed by atoms with Crippen molar-refractivity contribution in [1.29, 1.82) is 0 Å². The van der Waals surface area contributed by atoms with Gasteiger partial charge in [0.1, 0.15) is 11.4 Å². The summed E-state index contributed by atoms with van der Waals surface area (Å²) in [6.07, 6.45) is -0.376. The van der Waals surface area contributed by atoms with Crippen LogP contribution in [0.2, 0.25) is 0 Å². The highest BCUT2D eigenvalue weighted by Crippen LogP contribution is 2.35. The van der Waals surface area contributed by atoms with E-state index in [0.717, 1.165) is 43.4 Å². The Hall–Kier alpha value is -4.07. The quantitative estimate of drug-likeness (QED) is 0.345. The minimum Gasteiger partial charge on any atom is -0.444 e. The molecular formula is C30H36F3N5O6. The Labute approximate surface area is 251 Å². The van der Waals surface area contributed by atoms with Crippen molar-refractivity contribution < 1.29 is 37.3 Å². The van der Waals surface area contributed by atoms with Crippen LogP contribution in [0.15, 0.2) is 35.3 Å². The van der Waals surface area contributed by atoms with E-state index >= 15 is 0 Å². The number of carbonyl (C=O) groups excluding carboxylic acids is 2. The van der Waals surface area contributed by atoms with Gasteiger partial charge in [0, 0.05) is 31.4 Å². The number of alkyl halides is 3. The van der Waals surface area contributed by atoms with Crippen molar-refractivity contribution in [3.05, 3.63) is 52.1 Å². The number of aromatic nitrogens is 3. The maximum atomic E-state index is 13.6. The standard InChI is InChI=1S/C30H36F3N5O6/c1-29(2,3)44-28(42)35-23-15-21(43-30(31,32)33)8-9-22(23)26(40)37-12-10-19(11-13-37)38-24-14-18(16-34-25(24)36-27(38)41)17-4-6-20(39)7-5-17/h8-9,14-17,19-20,39H,4-7,10-13H2,1-3H3,(H,35,42)(H,34,36,41). The zero-order valence-corrected chi connectivity index (χ0v) is 24.7. The van der Waals surface area contributed by atoms with Gasteiger partial charge < -0.3 is 19.5 Å². The van der Waals surface area contributed by atoms with E-state index in [1.807, 2.05) is 6.07 Å². The number of hydrogen-bond donors (Lipinski definition) is 3. The lowest BCUT2D eigenvalue weighted by molar-refractivity contribution is -0.274. The van der Waals surface area contributed by atoms with Gasteiger partial charge in [-0.2, -0.15) is 0 Å². The number of H-pyrrole nitrogens is 1. The number of aromatic amines is 1. The molecule has 0 spiro atoms. The van der Waals surface area contributed by atoms with Gasteiger partial charge in [0.05, 0.1) is 22.9 Å². The molecule has 2 aromatic heterocycles. The first-order chi connectivity index (χ1) is 20.7. The second-order valence-corrected chi connectivity index (χ2v) is 12.3. The van der Waals surface area contributed by atoms with Crippen molar-refractivity contribution in [2.24, 2.45) is 0 Å². The van der Waals surface area contributed by atoms with Crippen molar-refractivity contribution in [2.75, 3.05) is 18.4 Å². The molecule has 2 fully saturated rings. The molecular weight excluding hydrogens is 583 g/mol. The van der Waals surface area contributed by atoms with Crippen molar-refractivity contribution in [2.45, 2.75) is 89.3 Å². The van der Waals surface area contributed by atoms with Crippen LogP contribution in [0.3, 0.4) is 0 Å². The topological polar surface area (TPSA) is 139 Å². The van der Waals surface area contributed by atoms with Gasteiger partial charge in [-0.25, -0.2) is 14.6 Å². The summed E-state index contributed by atoms with van der Waals surface area (Å²) in [5.41, 5.74) is 0.797. The number of likely N-dealkylation sites (tertiary alicyclic amines) is 1. The number of imidazole rings is 1. The van der Waals surface area contributed by atoms with Crippen LogP contribution in [0.1, 0.15) is 87.2 Å². The summed E-state index contributed by atoms with van der Waals surface area (Å²) in [4.78, 5) is 47.9. The Kier molecular flexibility index (Phi) is 8.65. The molecule has 1 aromatic carbocycles. The summed E-state index contributed by atoms with van der Waals surface area (Å²) in [5.74, 6) is -0.845. The van der Waals surface area contributed by atoms with E-state index in [4.69, 9.17) is 4.74 Å². The average Bonchev–Trinajstić information content (AvgIpc) is 3.26. The fraction of sp³-hybridized carbons (Fsp3) is 0.533. The van der Waals surface area contributed by atoms with E-state index in [1.165, 1.54) is 11.0 Å². The number of fused-ring (bicyclic) bond motifs is 1. The number of benzene rings is 1. The van der Waals surface area contributed by atoms with E-state index in [-0.39, 0.29) is 48.1 Å². The summed E-state index contributed by atoms with van der Waals surface area (Å²) >= 11 is 0. The van der Waals surface area contributed by atoms with Crippen LogP contribution in [-0.4, -0.2) is 67.7 Å². The Bertz CT molecular complexity index is 1580. The third-order valence-electron chi connectivity index (χ3n) is 7.97. The zero-order chi connectivity index (χ0) is 31.8. The molecule has 3 heterocycles. The van der Waals surface area contributed by atoms with Gasteiger partial charge in [0.25, 0.3) is 5.91 Å². The Morgan fingerprint density at radius 3 is 2.36 bits per heavy atom. The number of aliphatic hydroxyl groups is 1. The normalized spacial score (nSPS) is 20.0. The number of hydrogen-bond acceptors (Lipinski definition) is 7. The predicted molar refractivity (Wildman–Crippen MR) is 155 cm³/mol. The lowest BCUT2D eigenvalue weighted by atomic mass is 9.83. The number of piperidine rings is 1. The highest BCUT2D eigenvalue weighted by atomic mass is 19.4. The van der Waals surface area contributed by atoms with E-state index in [0.29, 0.717) is 24.0 Å². The number of nitrogens with zero attached hydrogens (tertiary/aromatic N) is 3. The first-order valence-electron chi connectivity index (χ1n) is 14.6. The third-order valence-corrected chi connectivity index (χ3v) is 7.97. The van der Waals surface area contributed by atoms with Gasteiger partial charge in [-0.05, 0) is 89.0 Å². The van der Waals surface area contributed by atoms with Crippen LogP contribution in [0, 0.1) is 0 Å². The molecule has 5 rings (SSSR count). The number of ether oxygens (including phenoxy) is 2. The minimum absolute atomic E-state index is 0.0282. The molecule has 0 atom stereocenters. The molecule has 11 nitrogen and oxygen atoms in total. The molecule has 1 aliphatic heterocycles. The minimum atomic E-state index is -4.97. The Balaban J connectivity index is 1.33. The number of amides is 2. The third kappa shape index (κ3) is 7.34. The van der Waals surface area contributed by atoms with Crippen LogP contribution in [0.25, 0.3) is 11.2 Å². The lowest BCUT2D eigenvalue weighted by Crippen LogP contribution is -2.40. The van der Waals surface area contributed by atoms with E-state index in [1.54, 1.807) is 31.5 Å². The summed E-state index contributed by atoms with van der Waals surface area (Å²) < 4.78 is 49.5. The second kappa shape index (κ2) is 12.1. The molecule has 1 aliphatic carbocycles. The van der Waals surface area contributed by atoms with Gasteiger partial charge in [-0.1, -0.05) is 0 Å². The second-order valence-electron chi connectivity index (χ2n) is 12.3. The largest absolute Gasteiger partial charge is 0.573 e. The first-order valence-corrected chi connectivity index (χ1v) is 14.6. The van der Waals surface area contributed by atoms with Crippen LogP contribution in [0.4, 0.5) is 23.7 Å². The van der Waals surface area contributed by atoms with Gasteiger partial charge in [-0.3, -0.25) is 19.7 Å². The number of pyridine rings is 1. The Morgan fingerprint density at radius 1 is 1.05 bits per heavy atom. The molecule has 2 amide bonds. The number of anilines is 1. The molecule has 0 unspecified atom stereocenters. The number of carbonyl (C=O) groups is 2. The molecule has 3 aromatic rings. The molecule has 2 aliphatic rings. The maximum absolute atomic E-state index is 13.6. The van der Waals surface area contributed by atoms with Crippen LogP contribution >= 0.6 is 0 Å². The van der Waals surface area contributed by atoms with Gasteiger partial charge in [0.2, 0.25) is 0 Å². The van der Waals surface area contributed by atoms with Crippen molar-refractivity contribution in [1.82, 2.24) is 19.4 Å². The van der Waals surface area contributed by atoms with E-state index in [9.17, 15) is 32.7 Å². The fourth-order valence-electron chi connectivity index (χ4n) is 5.94. The number of halogens is 3. The summed E-state index contributed by atoms with van der Waals surface area (Å²) in [7, 11) is 0. The smallest absolute Gasteiger partial charge is 0.444 e. The van der Waals surface area contributed by atoms with Gasteiger partial charge >= 0.3 is 18.1 Å². The molecule has 0 bridgehead atoms. The molecule has 3 N–H and O–H groups in total. The maximum Gasteiger partial charge on any atom is 0.573 e. The first kappa shape index (κ1) is 31.4. The van der Waals surface area contributed by atoms with E-state index < -0.39 is 29.7 Å². The number of rotatable bonds is 5. The Morgan fingerprint density at radius 2 is 1.73 bits per heavy atom. The molecule has 1 saturated heterocycles. The number of nitrogens with one attached hydrogen (secondary N) is 2. The van der Waals surface area contributed by atoms with Crippen molar-refractivity contribution in [3.63, 3.8) is 0 Å². The summed E-state index contributed by atoms with van der Waals surface area (Å²) in [6, 6.07) is 4.88. The van der Waals surface area contributed by atoms with Gasteiger partial charge in [-0.15, -0.1) is 13.2 Å².